The number of carbonyl (C=O) groups excluding carboxylic acids is 1. The summed E-state index contributed by atoms with van der Waals surface area (Å²) in [5, 5.41) is 0. The minimum Gasteiger partial charge on any atom is -0.462 e. The molecule has 0 bridgehead atoms. The predicted molar refractivity (Wildman–Crippen MR) is 122 cm³/mol. The summed E-state index contributed by atoms with van der Waals surface area (Å²) in [4.78, 5) is 13.2. The Bertz CT molecular complexity index is 1120. The number of rotatable bonds is 6. The molecule has 0 aliphatic heterocycles. The maximum atomic E-state index is 13.2. The second-order valence-corrected chi connectivity index (χ2v) is 7.21. The van der Waals surface area contributed by atoms with E-state index in [2.05, 4.69) is 29.8 Å². The lowest BCUT2D eigenvalue weighted by Crippen LogP contribution is -2.11. The largest absolute Gasteiger partial charge is 0.462 e. The number of nitrogens with zero attached hydrogens (tertiary/aromatic N) is 1. The zero-order chi connectivity index (χ0) is 20.9. The van der Waals surface area contributed by atoms with Crippen LogP contribution in [0.3, 0.4) is 0 Å². The maximum Gasteiger partial charge on any atom is 0.340 e. The van der Waals surface area contributed by atoms with Gasteiger partial charge in [0.25, 0.3) is 0 Å². The van der Waals surface area contributed by atoms with E-state index in [1.807, 2.05) is 85.8 Å². The summed E-state index contributed by atoms with van der Waals surface area (Å²) in [6.45, 7) is 4.33. The van der Waals surface area contributed by atoms with Crippen LogP contribution in [0.4, 0.5) is 0 Å². The zero-order valence-corrected chi connectivity index (χ0v) is 17.3. The van der Waals surface area contributed by atoms with Gasteiger partial charge in [-0.05, 0) is 30.5 Å². The molecule has 3 aromatic carbocycles. The van der Waals surface area contributed by atoms with Gasteiger partial charge in [0.1, 0.15) is 0 Å². The highest BCUT2D eigenvalue weighted by molar-refractivity contribution is 6.04. The van der Waals surface area contributed by atoms with Crippen LogP contribution in [-0.2, 0) is 4.74 Å². The smallest absolute Gasteiger partial charge is 0.340 e. The molecular formula is C27H25NO2. The van der Waals surface area contributed by atoms with E-state index in [1.54, 1.807) is 0 Å². The van der Waals surface area contributed by atoms with Gasteiger partial charge >= 0.3 is 5.97 Å². The summed E-state index contributed by atoms with van der Waals surface area (Å²) < 4.78 is 7.69. The number of esters is 1. The van der Waals surface area contributed by atoms with Gasteiger partial charge in [0.05, 0.1) is 23.9 Å². The molecule has 150 valence electrons. The number of aromatic nitrogens is 1. The molecule has 0 fully saturated rings. The fourth-order valence-electron chi connectivity index (χ4n) is 3.86. The second-order valence-electron chi connectivity index (χ2n) is 7.21. The third kappa shape index (κ3) is 3.79. The Morgan fingerprint density at radius 2 is 1.37 bits per heavy atom. The number of hydrogen-bond acceptors (Lipinski definition) is 2. The van der Waals surface area contributed by atoms with Crippen LogP contribution in [0.15, 0.2) is 97.2 Å². The van der Waals surface area contributed by atoms with Gasteiger partial charge in [-0.25, -0.2) is 4.79 Å². The van der Waals surface area contributed by atoms with Gasteiger partial charge in [-0.15, -0.1) is 0 Å². The molecule has 1 heterocycles. The lowest BCUT2D eigenvalue weighted by molar-refractivity contribution is 0.0528. The van der Waals surface area contributed by atoms with Crippen molar-refractivity contribution < 1.29 is 9.53 Å². The highest BCUT2D eigenvalue weighted by atomic mass is 16.5. The van der Waals surface area contributed by atoms with Crippen molar-refractivity contribution in [3.05, 3.63) is 108 Å². The molecule has 0 radical (unpaired) electrons. The molecule has 0 aliphatic carbocycles. The van der Waals surface area contributed by atoms with Crippen LogP contribution in [-0.4, -0.2) is 17.1 Å². The Kier molecular flexibility index (Phi) is 5.80. The van der Waals surface area contributed by atoms with E-state index in [9.17, 15) is 4.79 Å². The Labute approximate surface area is 177 Å². The molecular weight excluding hydrogens is 370 g/mol. The molecule has 1 aromatic heterocycles. The van der Waals surface area contributed by atoms with E-state index in [0.717, 1.165) is 22.4 Å². The quantitative estimate of drug-likeness (QED) is 0.344. The molecule has 4 aromatic rings. The molecule has 0 unspecified atom stereocenters. The molecule has 3 nitrogen and oxygen atoms in total. The molecule has 4 rings (SSSR count). The molecule has 0 saturated heterocycles. The van der Waals surface area contributed by atoms with Gasteiger partial charge in [0.15, 0.2) is 0 Å². The topological polar surface area (TPSA) is 31.2 Å². The molecule has 3 heteroatoms. The maximum absolute atomic E-state index is 13.2. The second kappa shape index (κ2) is 8.83. The van der Waals surface area contributed by atoms with Crippen molar-refractivity contribution in [3.63, 3.8) is 0 Å². The van der Waals surface area contributed by atoms with E-state index in [-0.39, 0.29) is 12.0 Å². The molecule has 0 amide bonds. The Hall–Kier alpha value is -3.59. The molecule has 0 spiro atoms. The zero-order valence-electron chi connectivity index (χ0n) is 17.3. The van der Waals surface area contributed by atoms with E-state index in [0.29, 0.717) is 12.2 Å². The van der Waals surface area contributed by atoms with E-state index >= 15 is 0 Å². The van der Waals surface area contributed by atoms with Crippen LogP contribution in [0.25, 0.3) is 22.4 Å². The first-order valence-electron chi connectivity index (χ1n) is 10.3. The van der Waals surface area contributed by atoms with Crippen LogP contribution in [0.5, 0.6) is 0 Å². The van der Waals surface area contributed by atoms with Gasteiger partial charge in [-0.3, -0.25) is 0 Å². The van der Waals surface area contributed by atoms with E-state index in [1.165, 1.54) is 5.56 Å². The first kappa shape index (κ1) is 19.7. The monoisotopic (exact) mass is 395 g/mol. The van der Waals surface area contributed by atoms with Gasteiger partial charge in [0.2, 0.25) is 0 Å². The summed E-state index contributed by atoms with van der Waals surface area (Å²) in [5.41, 5.74) is 5.54. The highest BCUT2D eigenvalue weighted by Crippen LogP contribution is 2.38. The Morgan fingerprint density at radius 3 is 1.93 bits per heavy atom. The Morgan fingerprint density at radius 1 is 0.833 bits per heavy atom. The molecule has 1 atom stereocenters. The van der Waals surface area contributed by atoms with Crippen LogP contribution >= 0.6 is 0 Å². The van der Waals surface area contributed by atoms with Crippen LogP contribution in [0, 0.1) is 0 Å². The molecule has 0 N–H and O–H groups in total. The number of benzene rings is 3. The van der Waals surface area contributed by atoms with Crippen molar-refractivity contribution in [2.45, 2.75) is 19.9 Å². The van der Waals surface area contributed by atoms with Crippen LogP contribution in [0.2, 0.25) is 0 Å². The van der Waals surface area contributed by atoms with Gasteiger partial charge < -0.3 is 9.30 Å². The van der Waals surface area contributed by atoms with E-state index in [4.69, 9.17) is 4.74 Å². The Balaban J connectivity index is 2.01. The lowest BCUT2D eigenvalue weighted by atomic mass is 9.99. The average molecular weight is 396 g/mol. The fraction of sp³-hybridized carbons (Fsp3) is 0.148. The molecule has 30 heavy (non-hydrogen) atoms. The molecule has 0 aliphatic rings. The SMILES string of the molecule is CCOC(=O)c1c(-c2ccccc2)cn([C@H](C)c2ccccc2)c1-c1ccccc1. The summed E-state index contributed by atoms with van der Waals surface area (Å²) in [5.74, 6) is -0.297. The fourth-order valence-corrected chi connectivity index (χ4v) is 3.86. The van der Waals surface area contributed by atoms with Crippen molar-refractivity contribution in [3.8, 4) is 22.4 Å². The van der Waals surface area contributed by atoms with Crippen LogP contribution < -0.4 is 0 Å². The average Bonchev–Trinajstić information content (AvgIpc) is 3.21. The van der Waals surface area contributed by atoms with Gasteiger partial charge in [-0.1, -0.05) is 91.0 Å². The van der Waals surface area contributed by atoms with Gasteiger partial charge in [0, 0.05) is 11.8 Å². The van der Waals surface area contributed by atoms with Gasteiger partial charge in [-0.2, -0.15) is 0 Å². The normalized spacial score (nSPS) is 11.8. The molecule has 0 saturated carbocycles. The van der Waals surface area contributed by atoms with Crippen molar-refractivity contribution in [1.29, 1.82) is 0 Å². The number of hydrogen-bond donors (Lipinski definition) is 0. The number of ether oxygens (including phenoxy) is 1. The van der Waals surface area contributed by atoms with Crippen molar-refractivity contribution in [1.82, 2.24) is 4.57 Å². The van der Waals surface area contributed by atoms with Crippen molar-refractivity contribution in [2.75, 3.05) is 6.61 Å². The van der Waals surface area contributed by atoms with Crippen molar-refractivity contribution >= 4 is 5.97 Å². The first-order valence-corrected chi connectivity index (χ1v) is 10.3. The van der Waals surface area contributed by atoms with Crippen molar-refractivity contribution in [2.24, 2.45) is 0 Å². The third-order valence-corrected chi connectivity index (χ3v) is 5.34. The highest BCUT2D eigenvalue weighted by Gasteiger charge is 2.27. The standard InChI is InChI=1S/C27H25NO2/c1-3-30-27(29)25-24(22-15-9-5-10-16-22)19-28(20(2)21-13-7-4-8-14-21)26(25)23-17-11-6-12-18-23/h4-20H,3H2,1-2H3/t20-/m1/s1. The summed E-state index contributed by atoms with van der Waals surface area (Å²) in [6.07, 6.45) is 2.08. The summed E-state index contributed by atoms with van der Waals surface area (Å²) in [7, 11) is 0. The summed E-state index contributed by atoms with van der Waals surface area (Å²) in [6, 6.07) is 30.5. The minimum absolute atomic E-state index is 0.0482. The van der Waals surface area contributed by atoms with Crippen LogP contribution in [0.1, 0.15) is 35.8 Å². The lowest BCUT2D eigenvalue weighted by Gasteiger charge is -2.19. The number of carbonyl (C=O) groups is 1. The van der Waals surface area contributed by atoms with E-state index < -0.39 is 0 Å². The first-order chi connectivity index (χ1) is 14.7. The third-order valence-electron chi connectivity index (χ3n) is 5.34. The summed E-state index contributed by atoms with van der Waals surface area (Å²) >= 11 is 0. The predicted octanol–water partition coefficient (Wildman–Crippen LogP) is 6.61. The minimum atomic E-state index is -0.297.